The molecule has 1 atom stereocenters. The van der Waals surface area contributed by atoms with Gasteiger partial charge in [0.25, 0.3) is 0 Å². The van der Waals surface area contributed by atoms with Crippen molar-refractivity contribution in [3.8, 4) is 0 Å². The van der Waals surface area contributed by atoms with Crippen LogP contribution in [-0.4, -0.2) is 25.0 Å². The van der Waals surface area contributed by atoms with Crippen molar-refractivity contribution in [2.24, 2.45) is 0 Å². The zero-order chi connectivity index (χ0) is 18.2. The number of anilines is 2. The number of nitrogens with one attached hydrogen (secondary N) is 2. The van der Waals surface area contributed by atoms with Crippen LogP contribution in [0.15, 0.2) is 54.6 Å². The van der Waals surface area contributed by atoms with Crippen LogP contribution in [0.2, 0.25) is 0 Å². The second-order valence-electron chi connectivity index (χ2n) is 7.02. The predicted octanol–water partition coefficient (Wildman–Crippen LogP) is 4.18. The van der Waals surface area contributed by atoms with Gasteiger partial charge in [-0.25, -0.2) is 0 Å². The minimum atomic E-state index is -0.275. The van der Waals surface area contributed by atoms with Gasteiger partial charge in [-0.2, -0.15) is 0 Å². The standard InChI is InChI=1S/C22H29N3O/c1-18(22(26)23-17-19-9-5-4-6-10-19)24-20-11-13-21(14-12-20)25-15-7-2-3-8-16-25/h4-6,9-14,18,24H,2-3,7-8,15-17H2,1H3,(H,23,26)/t18-/m0/s1. The van der Waals surface area contributed by atoms with E-state index in [4.69, 9.17) is 0 Å². The quantitative estimate of drug-likeness (QED) is 0.820. The number of benzene rings is 2. The lowest BCUT2D eigenvalue weighted by atomic mass is 10.2. The molecule has 4 nitrogen and oxygen atoms in total. The van der Waals surface area contributed by atoms with Crippen LogP contribution in [0.4, 0.5) is 11.4 Å². The second kappa shape index (κ2) is 9.27. The van der Waals surface area contributed by atoms with E-state index in [0.29, 0.717) is 6.54 Å². The van der Waals surface area contributed by atoms with E-state index >= 15 is 0 Å². The molecule has 0 spiro atoms. The van der Waals surface area contributed by atoms with Crippen molar-refractivity contribution in [3.63, 3.8) is 0 Å². The number of amides is 1. The van der Waals surface area contributed by atoms with E-state index in [1.165, 1.54) is 31.4 Å². The maximum absolute atomic E-state index is 12.3. The van der Waals surface area contributed by atoms with Gasteiger partial charge in [-0.15, -0.1) is 0 Å². The fraction of sp³-hybridized carbons (Fsp3) is 0.409. The Labute approximate surface area is 156 Å². The van der Waals surface area contributed by atoms with Gasteiger partial charge in [0, 0.05) is 31.0 Å². The van der Waals surface area contributed by atoms with Crippen molar-refractivity contribution in [3.05, 3.63) is 60.2 Å². The van der Waals surface area contributed by atoms with E-state index in [1.807, 2.05) is 37.3 Å². The van der Waals surface area contributed by atoms with Crippen molar-refractivity contribution >= 4 is 17.3 Å². The third-order valence-corrected chi connectivity index (χ3v) is 4.92. The molecular weight excluding hydrogens is 322 g/mol. The van der Waals surface area contributed by atoms with Gasteiger partial charge >= 0.3 is 0 Å². The van der Waals surface area contributed by atoms with E-state index in [2.05, 4.69) is 39.8 Å². The van der Waals surface area contributed by atoms with Crippen LogP contribution in [0.25, 0.3) is 0 Å². The van der Waals surface area contributed by atoms with E-state index in [9.17, 15) is 4.79 Å². The Bertz CT molecular complexity index is 676. The minimum Gasteiger partial charge on any atom is -0.374 e. The van der Waals surface area contributed by atoms with Gasteiger partial charge in [-0.1, -0.05) is 43.2 Å². The Morgan fingerprint density at radius 2 is 1.62 bits per heavy atom. The van der Waals surface area contributed by atoms with Crippen LogP contribution in [-0.2, 0) is 11.3 Å². The molecule has 3 rings (SSSR count). The molecule has 2 aromatic rings. The SMILES string of the molecule is C[C@H](Nc1ccc(N2CCCCCC2)cc1)C(=O)NCc1ccccc1. The monoisotopic (exact) mass is 351 g/mol. The Morgan fingerprint density at radius 3 is 2.27 bits per heavy atom. The molecule has 1 aliphatic rings. The number of hydrogen-bond acceptors (Lipinski definition) is 3. The molecule has 138 valence electrons. The van der Waals surface area contributed by atoms with Crippen LogP contribution in [0.5, 0.6) is 0 Å². The lowest BCUT2D eigenvalue weighted by molar-refractivity contribution is -0.121. The summed E-state index contributed by atoms with van der Waals surface area (Å²) in [5, 5.41) is 6.27. The van der Waals surface area contributed by atoms with Crippen LogP contribution < -0.4 is 15.5 Å². The molecule has 2 aromatic carbocycles. The Hall–Kier alpha value is -2.49. The van der Waals surface area contributed by atoms with E-state index < -0.39 is 0 Å². The fourth-order valence-electron chi connectivity index (χ4n) is 3.35. The van der Waals surface area contributed by atoms with Crippen LogP contribution in [0.1, 0.15) is 38.2 Å². The number of rotatable bonds is 6. The summed E-state index contributed by atoms with van der Waals surface area (Å²) in [6.45, 7) is 4.73. The van der Waals surface area contributed by atoms with Gasteiger partial charge in [0.05, 0.1) is 0 Å². The van der Waals surface area contributed by atoms with E-state index in [1.54, 1.807) is 0 Å². The predicted molar refractivity (Wildman–Crippen MR) is 108 cm³/mol. The maximum atomic E-state index is 12.3. The highest BCUT2D eigenvalue weighted by molar-refractivity contribution is 5.84. The average Bonchev–Trinajstić information content (AvgIpc) is 2.97. The zero-order valence-electron chi connectivity index (χ0n) is 15.6. The highest BCUT2D eigenvalue weighted by atomic mass is 16.2. The number of carbonyl (C=O) groups excluding carboxylic acids is 1. The molecule has 1 saturated heterocycles. The number of hydrogen-bond donors (Lipinski definition) is 2. The fourth-order valence-corrected chi connectivity index (χ4v) is 3.35. The molecular formula is C22H29N3O. The molecule has 1 aliphatic heterocycles. The molecule has 0 radical (unpaired) electrons. The van der Waals surface area contributed by atoms with Crippen LogP contribution in [0.3, 0.4) is 0 Å². The molecule has 0 saturated carbocycles. The molecule has 1 heterocycles. The summed E-state index contributed by atoms with van der Waals surface area (Å²) in [6.07, 6.45) is 5.23. The van der Waals surface area contributed by atoms with Crippen LogP contribution in [0, 0.1) is 0 Å². The van der Waals surface area contributed by atoms with Crippen molar-refractivity contribution in [1.29, 1.82) is 0 Å². The topological polar surface area (TPSA) is 44.4 Å². The normalized spacial score (nSPS) is 15.8. The first-order valence-electron chi connectivity index (χ1n) is 9.65. The van der Waals surface area contributed by atoms with Crippen molar-refractivity contribution in [2.75, 3.05) is 23.3 Å². The van der Waals surface area contributed by atoms with Crippen molar-refractivity contribution < 1.29 is 4.79 Å². The molecule has 1 amide bonds. The third-order valence-electron chi connectivity index (χ3n) is 4.92. The molecule has 26 heavy (non-hydrogen) atoms. The summed E-state index contributed by atoms with van der Waals surface area (Å²) >= 11 is 0. The molecule has 0 aromatic heterocycles. The van der Waals surface area contributed by atoms with Crippen LogP contribution >= 0.6 is 0 Å². The highest BCUT2D eigenvalue weighted by Gasteiger charge is 2.13. The Kier molecular flexibility index (Phi) is 6.53. The van der Waals surface area contributed by atoms with E-state index in [-0.39, 0.29) is 11.9 Å². The summed E-state index contributed by atoms with van der Waals surface area (Å²) in [7, 11) is 0. The summed E-state index contributed by atoms with van der Waals surface area (Å²) in [5.74, 6) is 0.00504. The number of carbonyl (C=O) groups is 1. The molecule has 0 unspecified atom stereocenters. The molecule has 4 heteroatoms. The molecule has 0 bridgehead atoms. The smallest absolute Gasteiger partial charge is 0.242 e. The van der Waals surface area contributed by atoms with Gasteiger partial charge in [0.2, 0.25) is 5.91 Å². The summed E-state index contributed by atoms with van der Waals surface area (Å²) < 4.78 is 0. The Balaban J connectivity index is 1.50. The first kappa shape index (κ1) is 18.3. The highest BCUT2D eigenvalue weighted by Crippen LogP contribution is 2.21. The third kappa shape index (κ3) is 5.25. The first-order chi connectivity index (χ1) is 12.7. The summed E-state index contributed by atoms with van der Waals surface area (Å²) in [4.78, 5) is 14.8. The summed E-state index contributed by atoms with van der Waals surface area (Å²) in [5.41, 5.74) is 3.36. The van der Waals surface area contributed by atoms with Gasteiger partial charge < -0.3 is 15.5 Å². The van der Waals surface area contributed by atoms with Gasteiger partial charge in [-0.3, -0.25) is 4.79 Å². The maximum Gasteiger partial charge on any atom is 0.242 e. The zero-order valence-corrected chi connectivity index (χ0v) is 15.6. The van der Waals surface area contributed by atoms with E-state index in [0.717, 1.165) is 24.3 Å². The summed E-state index contributed by atoms with van der Waals surface area (Å²) in [6, 6.07) is 18.1. The van der Waals surface area contributed by atoms with Gasteiger partial charge in [-0.05, 0) is 49.6 Å². The lowest BCUT2D eigenvalue weighted by Gasteiger charge is -2.23. The minimum absolute atomic E-state index is 0.00504. The molecule has 1 fully saturated rings. The van der Waals surface area contributed by atoms with Gasteiger partial charge in [0.15, 0.2) is 0 Å². The first-order valence-corrected chi connectivity index (χ1v) is 9.65. The van der Waals surface area contributed by atoms with Crippen molar-refractivity contribution in [2.45, 2.75) is 45.2 Å². The second-order valence-corrected chi connectivity index (χ2v) is 7.02. The molecule has 2 N–H and O–H groups in total. The Morgan fingerprint density at radius 1 is 0.962 bits per heavy atom. The average molecular weight is 351 g/mol. The molecule has 0 aliphatic carbocycles. The van der Waals surface area contributed by atoms with Gasteiger partial charge in [0.1, 0.15) is 6.04 Å². The number of nitrogens with zero attached hydrogens (tertiary/aromatic N) is 1. The largest absolute Gasteiger partial charge is 0.374 e. The van der Waals surface area contributed by atoms with Crippen molar-refractivity contribution in [1.82, 2.24) is 5.32 Å². The lowest BCUT2D eigenvalue weighted by Crippen LogP contribution is -2.37.